The van der Waals surface area contributed by atoms with Gasteiger partial charge in [-0.15, -0.1) is 0 Å². The molecule has 4 nitrogen and oxygen atoms in total. The minimum Gasteiger partial charge on any atom is -0.364 e. The van der Waals surface area contributed by atoms with Gasteiger partial charge in [0.1, 0.15) is 0 Å². The molecule has 1 rings (SSSR count). The van der Waals surface area contributed by atoms with Crippen LogP contribution in [0.5, 0.6) is 0 Å². The number of rotatable bonds is 5. The maximum atomic E-state index is 11.6. The molecule has 15 heavy (non-hydrogen) atoms. The van der Waals surface area contributed by atoms with Gasteiger partial charge in [-0.2, -0.15) is 0 Å². The number of hydrogen-bond donors (Lipinski definition) is 2. The van der Waals surface area contributed by atoms with E-state index < -0.39 is 0 Å². The maximum Gasteiger partial charge on any atom is 0.236 e. The van der Waals surface area contributed by atoms with Gasteiger partial charge >= 0.3 is 0 Å². The van der Waals surface area contributed by atoms with Crippen LogP contribution in [0.25, 0.3) is 0 Å². The fourth-order valence-corrected chi connectivity index (χ4v) is 1.24. The van der Waals surface area contributed by atoms with E-state index in [0.717, 1.165) is 5.69 Å². The van der Waals surface area contributed by atoms with E-state index in [9.17, 15) is 4.79 Å². The van der Waals surface area contributed by atoms with Crippen molar-refractivity contribution in [1.29, 1.82) is 0 Å². The third kappa shape index (κ3) is 4.16. The van der Waals surface area contributed by atoms with Crippen LogP contribution in [-0.4, -0.2) is 35.4 Å². The average molecular weight is 209 g/mol. The molecule has 0 saturated heterocycles. The van der Waals surface area contributed by atoms with Crippen LogP contribution in [0, 0.1) is 0 Å². The molecule has 1 aromatic heterocycles. The lowest BCUT2D eigenvalue weighted by Gasteiger charge is -2.17. The predicted octanol–water partition coefficient (Wildman–Crippen LogP) is 0.971. The first kappa shape index (κ1) is 11.8. The zero-order chi connectivity index (χ0) is 11.3. The lowest BCUT2D eigenvalue weighted by atomic mass is 10.3. The lowest BCUT2D eigenvalue weighted by molar-refractivity contribution is -0.129. The third-order valence-electron chi connectivity index (χ3n) is 2.16. The Bertz CT molecular complexity index is 293. The second kappa shape index (κ2) is 5.56. The second-order valence-electron chi connectivity index (χ2n) is 3.98. The summed E-state index contributed by atoms with van der Waals surface area (Å²) in [6.45, 7) is 5.08. The minimum absolute atomic E-state index is 0.110. The molecule has 4 heteroatoms. The zero-order valence-electron chi connectivity index (χ0n) is 9.58. The van der Waals surface area contributed by atoms with Crippen molar-refractivity contribution < 1.29 is 4.79 Å². The first-order valence-corrected chi connectivity index (χ1v) is 5.19. The van der Waals surface area contributed by atoms with Crippen LogP contribution in [0.1, 0.15) is 19.5 Å². The Morgan fingerprint density at radius 3 is 2.87 bits per heavy atom. The van der Waals surface area contributed by atoms with E-state index in [4.69, 9.17) is 0 Å². The number of carbonyl (C=O) groups excluding carboxylic acids is 1. The van der Waals surface area contributed by atoms with Gasteiger partial charge in [0.2, 0.25) is 5.91 Å². The number of aromatic nitrogens is 1. The number of aromatic amines is 1. The topological polar surface area (TPSA) is 48.1 Å². The van der Waals surface area contributed by atoms with Crippen molar-refractivity contribution in [3.05, 3.63) is 24.0 Å². The van der Waals surface area contributed by atoms with Gasteiger partial charge in [-0.25, -0.2) is 0 Å². The fraction of sp³-hybridized carbons (Fsp3) is 0.545. The van der Waals surface area contributed by atoms with E-state index in [0.29, 0.717) is 19.1 Å². The Morgan fingerprint density at radius 1 is 1.60 bits per heavy atom. The van der Waals surface area contributed by atoms with E-state index >= 15 is 0 Å². The summed E-state index contributed by atoms with van der Waals surface area (Å²) in [6.07, 6.45) is 1.86. The number of hydrogen-bond acceptors (Lipinski definition) is 2. The summed E-state index contributed by atoms with van der Waals surface area (Å²) in [5, 5.41) is 3.10. The summed E-state index contributed by atoms with van der Waals surface area (Å²) in [4.78, 5) is 16.4. The third-order valence-corrected chi connectivity index (χ3v) is 2.16. The molecule has 1 amide bonds. The molecule has 0 spiro atoms. The van der Waals surface area contributed by atoms with Crippen molar-refractivity contribution >= 4 is 5.91 Å². The number of likely N-dealkylation sites (N-methyl/N-ethyl adjacent to an activating group) is 1. The summed E-state index contributed by atoms with van der Waals surface area (Å²) >= 11 is 0. The molecular formula is C11H19N3O. The normalized spacial score (nSPS) is 10.7. The highest BCUT2D eigenvalue weighted by molar-refractivity contribution is 5.77. The minimum atomic E-state index is 0.110. The highest BCUT2D eigenvalue weighted by atomic mass is 16.2. The highest BCUT2D eigenvalue weighted by Crippen LogP contribution is 1.99. The highest BCUT2D eigenvalue weighted by Gasteiger charge is 2.09. The Morgan fingerprint density at radius 2 is 2.33 bits per heavy atom. The number of H-pyrrole nitrogens is 1. The van der Waals surface area contributed by atoms with Crippen LogP contribution in [0.15, 0.2) is 18.3 Å². The van der Waals surface area contributed by atoms with Crippen molar-refractivity contribution in [2.45, 2.75) is 26.4 Å². The van der Waals surface area contributed by atoms with E-state index in [1.165, 1.54) is 0 Å². The van der Waals surface area contributed by atoms with Gasteiger partial charge in [0.05, 0.1) is 13.1 Å². The molecule has 0 bridgehead atoms. The molecule has 0 unspecified atom stereocenters. The number of carbonyl (C=O) groups is 1. The van der Waals surface area contributed by atoms with E-state index in [1.807, 2.05) is 39.2 Å². The molecule has 0 aliphatic rings. The summed E-state index contributed by atoms with van der Waals surface area (Å²) in [7, 11) is 1.81. The maximum absolute atomic E-state index is 11.6. The first-order valence-electron chi connectivity index (χ1n) is 5.19. The van der Waals surface area contributed by atoms with Gasteiger partial charge in [0.15, 0.2) is 0 Å². The van der Waals surface area contributed by atoms with Gasteiger partial charge in [-0.05, 0) is 12.1 Å². The summed E-state index contributed by atoms with van der Waals surface area (Å²) in [6, 6.07) is 4.24. The molecule has 0 aliphatic heterocycles. The fourth-order valence-electron chi connectivity index (χ4n) is 1.24. The molecule has 0 fully saturated rings. The largest absolute Gasteiger partial charge is 0.364 e. The van der Waals surface area contributed by atoms with Crippen LogP contribution in [-0.2, 0) is 11.3 Å². The summed E-state index contributed by atoms with van der Waals surface area (Å²) < 4.78 is 0. The van der Waals surface area contributed by atoms with Gasteiger partial charge < -0.3 is 15.2 Å². The molecule has 0 aliphatic carbocycles. The SMILES string of the molecule is CC(C)NCC(=O)N(C)Cc1ccc[nH]1. The summed E-state index contributed by atoms with van der Waals surface area (Å²) in [5.41, 5.74) is 1.05. The monoisotopic (exact) mass is 209 g/mol. The quantitative estimate of drug-likeness (QED) is 0.759. The zero-order valence-corrected chi connectivity index (χ0v) is 9.58. The molecule has 84 valence electrons. The van der Waals surface area contributed by atoms with Crippen LogP contribution in [0.2, 0.25) is 0 Å². The van der Waals surface area contributed by atoms with Gasteiger partial charge in [-0.3, -0.25) is 4.79 Å². The first-order chi connectivity index (χ1) is 7.09. The number of amides is 1. The Hall–Kier alpha value is -1.29. The predicted molar refractivity (Wildman–Crippen MR) is 60.4 cm³/mol. The van der Waals surface area contributed by atoms with Gasteiger partial charge in [0, 0.05) is 25.0 Å². The van der Waals surface area contributed by atoms with Crippen molar-refractivity contribution in [3.8, 4) is 0 Å². The number of nitrogens with zero attached hydrogens (tertiary/aromatic N) is 1. The molecule has 0 aromatic carbocycles. The Kier molecular flexibility index (Phi) is 4.37. The Balaban J connectivity index is 2.33. The molecule has 1 heterocycles. The molecular weight excluding hydrogens is 190 g/mol. The van der Waals surface area contributed by atoms with Crippen molar-refractivity contribution in [3.63, 3.8) is 0 Å². The van der Waals surface area contributed by atoms with Crippen molar-refractivity contribution in [2.75, 3.05) is 13.6 Å². The molecule has 2 N–H and O–H groups in total. The van der Waals surface area contributed by atoms with Crippen molar-refractivity contribution in [1.82, 2.24) is 15.2 Å². The molecule has 0 atom stereocenters. The molecule has 0 radical (unpaired) electrons. The smallest absolute Gasteiger partial charge is 0.236 e. The Labute approximate surface area is 90.7 Å². The molecule has 0 saturated carbocycles. The van der Waals surface area contributed by atoms with Gasteiger partial charge in [0.25, 0.3) is 0 Å². The molecule has 1 aromatic rings. The van der Waals surface area contributed by atoms with E-state index in [-0.39, 0.29) is 5.91 Å². The van der Waals surface area contributed by atoms with Crippen LogP contribution < -0.4 is 5.32 Å². The average Bonchev–Trinajstić information content (AvgIpc) is 2.66. The standard InChI is InChI=1S/C11H19N3O/c1-9(2)13-7-11(15)14(3)8-10-5-4-6-12-10/h4-6,9,12-13H,7-8H2,1-3H3. The van der Waals surface area contributed by atoms with Gasteiger partial charge in [-0.1, -0.05) is 13.8 Å². The van der Waals surface area contributed by atoms with E-state index in [2.05, 4.69) is 10.3 Å². The van der Waals surface area contributed by atoms with E-state index in [1.54, 1.807) is 4.90 Å². The number of nitrogens with one attached hydrogen (secondary N) is 2. The van der Waals surface area contributed by atoms with Crippen molar-refractivity contribution in [2.24, 2.45) is 0 Å². The second-order valence-corrected chi connectivity index (χ2v) is 3.98. The van der Waals surface area contributed by atoms with Crippen LogP contribution in [0.4, 0.5) is 0 Å². The lowest BCUT2D eigenvalue weighted by Crippen LogP contribution is -2.37. The van der Waals surface area contributed by atoms with Crippen LogP contribution in [0.3, 0.4) is 0 Å². The van der Waals surface area contributed by atoms with Crippen LogP contribution >= 0.6 is 0 Å². The summed E-state index contributed by atoms with van der Waals surface area (Å²) in [5.74, 6) is 0.110.